The van der Waals surface area contributed by atoms with E-state index in [2.05, 4.69) is 15.0 Å². The fraction of sp³-hybridized carbons (Fsp3) is 0.348. The fourth-order valence-electron chi connectivity index (χ4n) is 3.91. The van der Waals surface area contributed by atoms with E-state index >= 15 is 8.78 Å². The molecule has 2 N–H and O–H groups in total. The Bertz CT molecular complexity index is 1280. The molecule has 3 heterocycles. The molecule has 1 atom stereocenters. The summed E-state index contributed by atoms with van der Waals surface area (Å²) in [5, 5.41) is 0. The van der Waals surface area contributed by atoms with E-state index in [1.807, 2.05) is 0 Å². The van der Waals surface area contributed by atoms with Gasteiger partial charge in [-0.05, 0) is 51.1 Å². The van der Waals surface area contributed by atoms with Crippen molar-refractivity contribution in [1.29, 1.82) is 0 Å². The number of hydrogen-bond donors (Lipinski definition) is 1. The van der Waals surface area contributed by atoms with Crippen LogP contribution in [0, 0.1) is 5.82 Å². The van der Waals surface area contributed by atoms with E-state index in [1.165, 1.54) is 43.1 Å². The maximum Gasteiger partial charge on any atom is 0.417 e. The summed E-state index contributed by atoms with van der Waals surface area (Å²) in [6.45, 7) is 3.10. The lowest BCUT2D eigenvalue weighted by atomic mass is 9.77. The molecule has 0 spiro atoms. The molecule has 3 aromatic rings. The average molecular weight is 497 g/mol. The predicted octanol–water partition coefficient (Wildman–Crippen LogP) is 5.11. The van der Waals surface area contributed by atoms with E-state index in [0.29, 0.717) is 6.20 Å². The molecule has 0 saturated carbocycles. The van der Waals surface area contributed by atoms with E-state index in [1.54, 1.807) is 0 Å². The molecule has 35 heavy (non-hydrogen) atoms. The minimum atomic E-state index is -4.53. The third-order valence-corrected chi connectivity index (χ3v) is 6.02. The zero-order valence-electron chi connectivity index (χ0n) is 18.9. The zero-order chi connectivity index (χ0) is 25.8. The van der Waals surface area contributed by atoms with E-state index < -0.39 is 40.2 Å². The Morgan fingerprint density at radius 2 is 1.77 bits per heavy atom. The van der Waals surface area contributed by atoms with Crippen molar-refractivity contribution < 1.29 is 31.1 Å². The molecule has 6 nitrogen and oxygen atoms in total. The van der Waals surface area contributed by atoms with Crippen LogP contribution in [-0.4, -0.2) is 38.5 Å². The molecule has 1 aliphatic heterocycles. The molecule has 0 saturated heterocycles. The first kappa shape index (κ1) is 24.7. The van der Waals surface area contributed by atoms with Gasteiger partial charge in [-0.15, -0.1) is 0 Å². The number of hydrogen-bond acceptors (Lipinski definition) is 5. The van der Waals surface area contributed by atoms with Crippen molar-refractivity contribution >= 4 is 5.84 Å². The third-order valence-electron chi connectivity index (χ3n) is 6.02. The van der Waals surface area contributed by atoms with Crippen molar-refractivity contribution in [3.63, 3.8) is 0 Å². The average Bonchev–Trinajstić information content (AvgIpc) is 3.25. The number of aliphatic imine (C=N–C) groups is 1. The Labute approximate surface area is 196 Å². The van der Waals surface area contributed by atoms with Crippen LogP contribution in [0.15, 0.2) is 54.0 Å². The number of amidine groups is 1. The van der Waals surface area contributed by atoms with Gasteiger partial charge in [-0.2, -0.15) is 13.2 Å². The second kappa shape index (κ2) is 8.08. The van der Waals surface area contributed by atoms with Crippen molar-refractivity contribution in [2.45, 2.75) is 44.0 Å². The molecule has 186 valence electrons. The Morgan fingerprint density at radius 3 is 2.40 bits per heavy atom. The second-order valence-corrected chi connectivity index (χ2v) is 8.81. The second-order valence-electron chi connectivity index (χ2n) is 8.81. The molecule has 0 fully saturated rings. The van der Waals surface area contributed by atoms with Crippen molar-refractivity contribution in [3.8, 4) is 17.1 Å². The number of alkyl halides is 5. The summed E-state index contributed by atoms with van der Waals surface area (Å²) >= 11 is 0. The number of nitrogens with two attached hydrogens (primary N) is 1. The summed E-state index contributed by atoms with van der Waals surface area (Å²) in [4.78, 5) is 11.9. The SMILES string of the molecule is CC1(C)OCC(N)=N[C@](C)(c2cc(-c3cn(-c4ccc(C(F)(F)F)cn4)cn3)ccc2F)C1(F)F. The molecule has 0 unspecified atom stereocenters. The number of ether oxygens (including phenoxy) is 1. The van der Waals surface area contributed by atoms with E-state index in [0.717, 1.165) is 25.1 Å². The fourth-order valence-corrected chi connectivity index (χ4v) is 3.91. The normalized spacial score (nSPS) is 21.9. The molecule has 0 aliphatic carbocycles. The van der Waals surface area contributed by atoms with Gasteiger partial charge in [0.2, 0.25) is 0 Å². The Kier molecular flexibility index (Phi) is 5.70. The number of rotatable bonds is 3. The van der Waals surface area contributed by atoms with E-state index in [4.69, 9.17) is 10.5 Å². The minimum absolute atomic E-state index is 0.151. The van der Waals surface area contributed by atoms with Crippen LogP contribution in [0.5, 0.6) is 0 Å². The van der Waals surface area contributed by atoms with Crippen LogP contribution < -0.4 is 5.73 Å². The Hall–Kier alpha value is -3.41. The topological polar surface area (TPSA) is 78.3 Å². The van der Waals surface area contributed by atoms with Crippen LogP contribution in [-0.2, 0) is 16.5 Å². The summed E-state index contributed by atoms with van der Waals surface area (Å²) in [5.74, 6) is -4.64. The van der Waals surface area contributed by atoms with Crippen LogP contribution in [0.4, 0.5) is 26.3 Å². The van der Waals surface area contributed by atoms with Gasteiger partial charge in [-0.3, -0.25) is 9.56 Å². The first-order valence-corrected chi connectivity index (χ1v) is 10.4. The lowest BCUT2D eigenvalue weighted by Gasteiger charge is -2.42. The van der Waals surface area contributed by atoms with Crippen molar-refractivity contribution in [3.05, 3.63) is 66.0 Å². The molecule has 4 rings (SSSR count). The third kappa shape index (κ3) is 4.15. The molecule has 1 aliphatic rings. The van der Waals surface area contributed by atoms with Crippen LogP contribution >= 0.6 is 0 Å². The van der Waals surface area contributed by atoms with Gasteiger partial charge in [-0.25, -0.2) is 23.1 Å². The Morgan fingerprint density at radius 1 is 1.06 bits per heavy atom. The monoisotopic (exact) mass is 497 g/mol. The van der Waals surface area contributed by atoms with Gasteiger partial charge in [0, 0.05) is 23.5 Å². The lowest BCUT2D eigenvalue weighted by molar-refractivity contribution is -0.214. The lowest BCUT2D eigenvalue weighted by Crippen LogP contribution is -2.56. The van der Waals surface area contributed by atoms with Crippen LogP contribution in [0.25, 0.3) is 17.1 Å². The van der Waals surface area contributed by atoms with Crippen LogP contribution in [0.1, 0.15) is 31.9 Å². The summed E-state index contributed by atoms with van der Waals surface area (Å²) < 4.78 is 91.2. The number of imidazole rings is 1. The first-order chi connectivity index (χ1) is 16.2. The summed E-state index contributed by atoms with van der Waals surface area (Å²) in [7, 11) is 0. The van der Waals surface area contributed by atoms with Gasteiger partial charge < -0.3 is 10.5 Å². The number of aromatic nitrogens is 3. The van der Waals surface area contributed by atoms with Crippen molar-refractivity contribution in [2.75, 3.05) is 6.61 Å². The number of pyridine rings is 1. The predicted molar refractivity (Wildman–Crippen MR) is 116 cm³/mol. The Balaban J connectivity index is 1.76. The largest absolute Gasteiger partial charge is 0.417 e. The maximum absolute atomic E-state index is 15.6. The molecule has 2 aromatic heterocycles. The van der Waals surface area contributed by atoms with Gasteiger partial charge in [0.25, 0.3) is 0 Å². The molecule has 1 aromatic carbocycles. The summed E-state index contributed by atoms with van der Waals surface area (Å²) in [5.41, 5.74) is 0.575. The summed E-state index contributed by atoms with van der Waals surface area (Å²) in [6.07, 6.45) is -1.11. The van der Waals surface area contributed by atoms with Crippen molar-refractivity contribution in [2.24, 2.45) is 10.7 Å². The van der Waals surface area contributed by atoms with E-state index in [9.17, 15) is 17.6 Å². The minimum Gasteiger partial charge on any atom is -0.385 e. The molecule has 12 heteroatoms. The highest BCUT2D eigenvalue weighted by Crippen LogP contribution is 2.51. The first-order valence-electron chi connectivity index (χ1n) is 10.4. The van der Waals surface area contributed by atoms with Gasteiger partial charge in [0.05, 0.1) is 11.3 Å². The van der Waals surface area contributed by atoms with Gasteiger partial charge in [0.1, 0.15) is 36.0 Å². The van der Waals surface area contributed by atoms with Gasteiger partial charge >= 0.3 is 12.1 Å². The van der Waals surface area contributed by atoms with E-state index in [-0.39, 0.29) is 29.5 Å². The zero-order valence-corrected chi connectivity index (χ0v) is 18.9. The maximum atomic E-state index is 15.6. The number of nitrogens with zero attached hydrogens (tertiary/aromatic N) is 4. The standard InChI is InChI=1S/C23H21F6N5O/c1-20(2)23(28,29)21(3,33-18(30)11-35-20)15-8-13(4-6-16(15)24)17-10-34(12-32-17)19-7-5-14(9-31-19)22(25,26)27/h4-10,12H,11H2,1-3H3,(H2,30,33)/t21-/m1/s1. The molecule has 0 amide bonds. The smallest absolute Gasteiger partial charge is 0.385 e. The summed E-state index contributed by atoms with van der Waals surface area (Å²) in [6, 6.07) is 5.61. The van der Waals surface area contributed by atoms with Gasteiger partial charge in [-0.1, -0.05) is 0 Å². The van der Waals surface area contributed by atoms with Crippen LogP contribution in [0.2, 0.25) is 0 Å². The molecule has 0 bridgehead atoms. The molecular formula is C23H21F6N5O. The highest BCUT2D eigenvalue weighted by molar-refractivity contribution is 5.82. The molecular weight excluding hydrogens is 476 g/mol. The highest BCUT2D eigenvalue weighted by Gasteiger charge is 2.63. The highest BCUT2D eigenvalue weighted by atomic mass is 19.4. The van der Waals surface area contributed by atoms with Gasteiger partial charge in [0.15, 0.2) is 5.54 Å². The number of halogens is 6. The van der Waals surface area contributed by atoms with Crippen LogP contribution in [0.3, 0.4) is 0 Å². The molecule has 0 radical (unpaired) electrons. The number of benzene rings is 1. The quantitative estimate of drug-likeness (QED) is 0.511. The van der Waals surface area contributed by atoms with Crippen molar-refractivity contribution in [1.82, 2.24) is 14.5 Å².